The van der Waals surface area contributed by atoms with Gasteiger partial charge in [-0.25, -0.2) is 4.79 Å². The summed E-state index contributed by atoms with van der Waals surface area (Å²) in [6.45, 7) is 1.04. The molecule has 0 bridgehead atoms. The van der Waals surface area contributed by atoms with Crippen LogP contribution in [0.4, 0.5) is 0 Å². The minimum Gasteiger partial charge on any atom is -0.497 e. The number of fused-ring (bicyclic) bond motifs is 2. The van der Waals surface area contributed by atoms with Crippen molar-refractivity contribution in [1.29, 1.82) is 5.26 Å². The Kier molecular flexibility index (Phi) is 5.83. The number of pyridine rings is 1. The molecule has 0 saturated heterocycles. The number of ether oxygens (including phenoxy) is 1. The zero-order valence-electron chi connectivity index (χ0n) is 18.6. The van der Waals surface area contributed by atoms with Gasteiger partial charge in [-0.15, -0.1) is 0 Å². The number of unbranched alkanes of at least 4 members (excludes halogenated alkanes) is 1. The number of aryl methyl sites for hydroxylation is 1. The van der Waals surface area contributed by atoms with Crippen LogP contribution in [0, 0.1) is 11.3 Å². The number of nitrogens with zero attached hydrogens (tertiary/aromatic N) is 5. The van der Waals surface area contributed by atoms with Gasteiger partial charge in [0.25, 0.3) is 0 Å². The Hall–Kier alpha value is -4.02. The fraction of sp³-hybridized carbons (Fsp3) is 0.192. The van der Waals surface area contributed by atoms with Crippen LogP contribution in [0.15, 0.2) is 71.8 Å². The summed E-state index contributed by atoms with van der Waals surface area (Å²) in [5.74, 6) is 0.725. The number of aromatic nitrogens is 4. The maximum absolute atomic E-state index is 13.7. The van der Waals surface area contributed by atoms with Crippen LogP contribution in [-0.2, 0) is 13.1 Å². The van der Waals surface area contributed by atoms with Crippen LogP contribution in [-0.4, -0.2) is 25.8 Å². The molecule has 8 heteroatoms. The average molecular weight is 472 g/mol. The first-order valence-electron chi connectivity index (χ1n) is 10.9. The second kappa shape index (κ2) is 9.08. The van der Waals surface area contributed by atoms with Gasteiger partial charge in [0.05, 0.1) is 42.6 Å². The Balaban J connectivity index is 1.65. The van der Waals surface area contributed by atoms with Gasteiger partial charge in [0.2, 0.25) is 0 Å². The SMILES string of the molecule is COc1ccc(-n2c(=O)n(Cc3cc4cc(Cl)ccc4n3CCCC#N)c3cnccc32)cc1. The van der Waals surface area contributed by atoms with Gasteiger partial charge >= 0.3 is 5.69 Å². The van der Waals surface area contributed by atoms with E-state index in [2.05, 4.69) is 21.7 Å². The quantitative estimate of drug-likeness (QED) is 0.307. The van der Waals surface area contributed by atoms with E-state index in [1.54, 1.807) is 28.6 Å². The fourth-order valence-electron chi connectivity index (χ4n) is 4.41. The van der Waals surface area contributed by atoms with Crippen LogP contribution < -0.4 is 10.4 Å². The summed E-state index contributed by atoms with van der Waals surface area (Å²) in [5, 5.41) is 10.7. The van der Waals surface area contributed by atoms with Gasteiger partial charge in [-0.3, -0.25) is 14.1 Å². The third-order valence-corrected chi connectivity index (χ3v) is 6.24. The molecule has 5 aromatic rings. The van der Waals surface area contributed by atoms with E-state index in [1.165, 1.54) is 0 Å². The molecule has 0 unspecified atom stereocenters. The number of benzene rings is 2. The van der Waals surface area contributed by atoms with Crippen molar-refractivity contribution in [2.45, 2.75) is 25.9 Å². The van der Waals surface area contributed by atoms with E-state index >= 15 is 0 Å². The first-order valence-corrected chi connectivity index (χ1v) is 11.3. The molecule has 0 aliphatic rings. The second-order valence-corrected chi connectivity index (χ2v) is 8.46. The highest BCUT2D eigenvalue weighted by Crippen LogP contribution is 2.26. The van der Waals surface area contributed by atoms with Crippen molar-refractivity contribution in [3.8, 4) is 17.5 Å². The lowest BCUT2D eigenvalue weighted by Gasteiger charge is -2.11. The van der Waals surface area contributed by atoms with E-state index in [4.69, 9.17) is 21.6 Å². The van der Waals surface area contributed by atoms with E-state index < -0.39 is 0 Å². The lowest BCUT2D eigenvalue weighted by molar-refractivity contribution is 0.414. The van der Waals surface area contributed by atoms with E-state index in [0.29, 0.717) is 24.5 Å². The second-order valence-electron chi connectivity index (χ2n) is 8.02. The first kappa shape index (κ1) is 21.8. The molecule has 2 aromatic carbocycles. The molecular formula is C26H22ClN5O2. The van der Waals surface area contributed by atoms with Crippen molar-refractivity contribution in [3.63, 3.8) is 0 Å². The van der Waals surface area contributed by atoms with E-state index in [9.17, 15) is 4.79 Å². The van der Waals surface area contributed by atoms with E-state index in [1.807, 2.05) is 48.5 Å². The average Bonchev–Trinajstić information content (AvgIpc) is 3.33. The molecule has 0 radical (unpaired) electrons. The molecule has 3 aromatic heterocycles. The van der Waals surface area contributed by atoms with Crippen LogP contribution in [0.25, 0.3) is 27.6 Å². The third kappa shape index (κ3) is 3.82. The zero-order chi connectivity index (χ0) is 23.7. The molecule has 0 fully saturated rings. The highest BCUT2D eigenvalue weighted by Gasteiger charge is 2.18. The molecule has 0 aliphatic heterocycles. The summed E-state index contributed by atoms with van der Waals surface area (Å²) in [6, 6.07) is 19.3. The predicted molar refractivity (Wildman–Crippen MR) is 133 cm³/mol. The number of hydrogen-bond acceptors (Lipinski definition) is 4. The molecule has 0 atom stereocenters. The topological polar surface area (TPSA) is 77.8 Å². The van der Waals surface area contributed by atoms with Crippen molar-refractivity contribution in [1.82, 2.24) is 18.7 Å². The van der Waals surface area contributed by atoms with Crippen LogP contribution in [0.1, 0.15) is 18.5 Å². The highest BCUT2D eigenvalue weighted by molar-refractivity contribution is 6.31. The lowest BCUT2D eigenvalue weighted by atomic mass is 10.2. The van der Waals surface area contributed by atoms with Gasteiger partial charge in [0.1, 0.15) is 5.75 Å². The van der Waals surface area contributed by atoms with Gasteiger partial charge in [-0.05, 0) is 61.0 Å². The summed E-state index contributed by atoms with van der Waals surface area (Å²) in [6.07, 6.45) is 4.59. The molecule has 0 saturated carbocycles. The minimum atomic E-state index is -0.153. The van der Waals surface area contributed by atoms with Crippen molar-refractivity contribution >= 4 is 33.5 Å². The summed E-state index contributed by atoms with van der Waals surface area (Å²) >= 11 is 6.24. The molecule has 0 amide bonds. The maximum atomic E-state index is 13.7. The van der Waals surface area contributed by atoms with Crippen molar-refractivity contribution in [3.05, 3.63) is 88.2 Å². The number of rotatable bonds is 7. The Morgan fingerprint density at radius 1 is 1.03 bits per heavy atom. The number of halogens is 1. The summed E-state index contributed by atoms with van der Waals surface area (Å²) in [5.41, 5.74) is 4.12. The van der Waals surface area contributed by atoms with Gasteiger partial charge in [-0.1, -0.05) is 11.6 Å². The Morgan fingerprint density at radius 3 is 2.62 bits per heavy atom. The third-order valence-electron chi connectivity index (χ3n) is 6.00. The van der Waals surface area contributed by atoms with Gasteiger partial charge in [0, 0.05) is 40.8 Å². The Morgan fingerprint density at radius 2 is 1.85 bits per heavy atom. The smallest absolute Gasteiger partial charge is 0.334 e. The fourth-order valence-corrected chi connectivity index (χ4v) is 4.59. The van der Waals surface area contributed by atoms with E-state index in [0.717, 1.165) is 45.5 Å². The van der Waals surface area contributed by atoms with Gasteiger partial charge in [-0.2, -0.15) is 5.26 Å². The van der Waals surface area contributed by atoms with Crippen molar-refractivity contribution in [2.75, 3.05) is 7.11 Å². The first-order chi connectivity index (χ1) is 16.6. The number of methoxy groups -OCH3 is 1. The van der Waals surface area contributed by atoms with Crippen LogP contribution >= 0.6 is 11.6 Å². The minimum absolute atomic E-state index is 0.153. The van der Waals surface area contributed by atoms with E-state index in [-0.39, 0.29) is 5.69 Å². The maximum Gasteiger partial charge on any atom is 0.334 e. The standard InChI is InChI=1S/C26H22ClN5O2/c1-34-22-7-5-20(6-8-22)32-24-10-12-29-16-25(24)31(26(32)33)17-21-15-18-14-19(27)4-9-23(18)30(21)13-3-2-11-28/h4-10,12,14-16H,2-3,13,17H2,1H3. The molecule has 170 valence electrons. The molecule has 0 spiro atoms. The zero-order valence-corrected chi connectivity index (χ0v) is 19.4. The predicted octanol–water partition coefficient (Wildman–Crippen LogP) is 5.16. The molecule has 0 aliphatic carbocycles. The van der Waals surface area contributed by atoms with Crippen molar-refractivity contribution in [2.24, 2.45) is 0 Å². The lowest BCUT2D eigenvalue weighted by Crippen LogP contribution is -2.24. The Labute approximate surface area is 201 Å². The monoisotopic (exact) mass is 471 g/mol. The van der Waals surface area contributed by atoms with Crippen LogP contribution in [0.5, 0.6) is 5.75 Å². The number of nitriles is 1. The molecule has 7 nitrogen and oxygen atoms in total. The summed E-state index contributed by atoms with van der Waals surface area (Å²) in [7, 11) is 1.61. The number of hydrogen-bond donors (Lipinski definition) is 0. The van der Waals surface area contributed by atoms with Crippen LogP contribution in [0.2, 0.25) is 5.02 Å². The molecule has 5 rings (SSSR count). The van der Waals surface area contributed by atoms with Crippen LogP contribution in [0.3, 0.4) is 0 Å². The molecular weight excluding hydrogens is 450 g/mol. The normalized spacial score (nSPS) is 11.2. The van der Waals surface area contributed by atoms with Crippen molar-refractivity contribution < 1.29 is 4.74 Å². The molecule has 0 N–H and O–H groups in total. The summed E-state index contributed by atoms with van der Waals surface area (Å²) in [4.78, 5) is 18.0. The summed E-state index contributed by atoms with van der Waals surface area (Å²) < 4.78 is 10.9. The van der Waals surface area contributed by atoms with Gasteiger partial charge in [0.15, 0.2) is 0 Å². The largest absolute Gasteiger partial charge is 0.497 e. The number of imidazole rings is 1. The molecule has 34 heavy (non-hydrogen) atoms. The van der Waals surface area contributed by atoms with Gasteiger partial charge < -0.3 is 9.30 Å². The molecule has 3 heterocycles. The highest BCUT2D eigenvalue weighted by atomic mass is 35.5. The Bertz CT molecular complexity index is 1590.